The van der Waals surface area contributed by atoms with Gasteiger partial charge in [0.05, 0.1) is 6.04 Å². The maximum atomic E-state index is 11.5. The molecule has 0 amide bonds. The third-order valence-corrected chi connectivity index (χ3v) is 7.00. The number of aliphatic hydroxyl groups is 1. The summed E-state index contributed by atoms with van der Waals surface area (Å²) in [5, 5.41) is 11.6. The van der Waals surface area contributed by atoms with E-state index < -0.39 is 5.60 Å². The first-order chi connectivity index (χ1) is 10.2. The molecule has 0 radical (unpaired) electrons. The van der Waals surface area contributed by atoms with Gasteiger partial charge >= 0.3 is 0 Å². The molecule has 0 spiro atoms. The van der Waals surface area contributed by atoms with Gasteiger partial charge in [-0.05, 0) is 62.2 Å². The Labute approximate surface area is 139 Å². The molecule has 3 rings (SSSR count). The molecule has 2 aliphatic carbocycles. The minimum absolute atomic E-state index is 0.139. The van der Waals surface area contributed by atoms with E-state index in [4.69, 9.17) is 17.3 Å². The van der Waals surface area contributed by atoms with E-state index in [1.807, 2.05) is 0 Å². The number of fused-ring (bicyclic) bond motifs is 1. The van der Waals surface area contributed by atoms with Gasteiger partial charge in [-0.15, -0.1) is 11.6 Å². The quantitative estimate of drug-likeness (QED) is 0.721. The van der Waals surface area contributed by atoms with E-state index in [1.165, 1.54) is 12.8 Å². The Morgan fingerprint density at radius 1 is 1.14 bits per heavy atom. The molecule has 2 saturated carbocycles. The second-order valence-corrected chi connectivity index (χ2v) is 9.46. The highest BCUT2D eigenvalue weighted by atomic mass is 35.5. The molecule has 0 aromatic carbocycles. The average Bonchev–Trinajstić information content (AvgIpc) is 2.71. The first-order valence-electron chi connectivity index (χ1n) is 8.93. The summed E-state index contributed by atoms with van der Waals surface area (Å²) in [6.45, 7) is 6.98. The molecule has 0 aromatic heterocycles. The lowest BCUT2D eigenvalue weighted by atomic mass is 9.62. The fourth-order valence-electron chi connectivity index (χ4n) is 5.11. The van der Waals surface area contributed by atoms with Gasteiger partial charge in [0.2, 0.25) is 0 Å². The van der Waals surface area contributed by atoms with Crippen LogP contribution in [0.4, 0.5) is 0 Å². The minimum Gasteiger partial charge on any atom is -0.385 e. The van der Waals surface area contributed by atoms with E-state index in [0.29, 0.717) is 11.3 Å². The lowest BCUT2D eigenvalue weighted by Gasteiger charge is -2.46. The lowest BCUT2D eigenvalue weighted by Crippen LogP contribution is -2.55. The Balaban J connectivity index is 1.75. The standard InChI is InChI=1S/C18H31ClN2O/c1-17(2,3)11-4-6-12(7-5-11)18(22)14-10-13(19)8-9-15(14)21-16(18)20/h11-15,22H,4-10H2,1-3H3,(H2,20,21). The van der Waals surface area contributed by atoms with Crippen LogP contribution in [0.1, 0.15) is 65.7 Å². The van der Waals surface area contributed by atoms with Crippen molar-refractivity contribution in [2.75, 3.05) is 0 Å². The van der Waals surface area contributed by atoms with Crippen LogP contribution in [0, 0.1) is 23.2 Å². The van der Waals surface area contributed by atoms with Gasteiger partial charge in [0.25, 0.3) is 0 Å². The van der Waals surface area contributed by atoms with E-state index in [-0.39, 0.29) is 23.3 Å². The second-order valence-electron chi connectivity index (χ2n) is 8.84. The molecule has 3 aliphatic rings. The predicted octanol–water partition coefficient (Wildman–Crippen LogP) is 3.72. The summed E-state index contributed by atoms with van der Waals surface area (Å²) in [7, 11) is 0. The van der Waals surface area contributed by atoms with Crippen LogP contribution >= 0.6 is 11.6 Å². The van der Waals surface area contributed by atoms with Crippen molar-refractivity contribution in [2.24, 2.45) is 33.9 Å². The van der Waals surface area contributed by atoms with E-state index in [2.05, 4.69) is 25.8 Å². The van der Waals surface area contributed by atoms with Gasteiger partial charge in [0, 0.05) is 11.3 Å². The van der Waals surface area contributed by atoms with Crippen LogP contribution in [0.3, 0.4) is 0 Å². The summed E-state index contributed by atoms with van der Waals surface area (Å²) in [5.41, 5.74) is 5.68. The molecule has 2 fully saturated rings. The maximum absolute atomic E-state index is 11.5. The van der Waals surface area contributed by atoms with Gasteiger partial charge in [0.15, 0.2) is 0 Å². The topological polar surface area (TPSA) is 58.6 Å². The van der Waals surface area contributed by atoms with Crippen LogP contribution in [0.2, 0.25) is 0 Å². The Hall–Kier alpha value is -0.280. The van der Waals surface area contributed by atoms with Crippen molar-refractivity contribution in [1.82, 2.24) is 0 Å². The molecule has 0 saturated heterocycles. The van der Waals surface area contributed by atoms with Gasteiger partial charge in [-0.2, -0.15) is 0 Å². The SMILES string of the molecule is CC(C)(C)C1CCC(C2(O)C(N)=NC3CCC(Cl)CC32)CC1. The summed E-state index contributed by atoms with van der Waals surface area (Å²) in [6.07, 6.45) is 7.31. The van der Waals surface area contributed by atoms with Crippen LogP contribution in [0.25, 0.3) is 0 Å². The van der Waals surface area contributed by atoms with Gasteiger partial charge in [0.1, 0.15) is 11.4 Å². The van der Waals surface area contributed by atoms with Gasteiger partial charge in [-0.25, -0.2) is 0 Å². The molecule has 3 N–H and O–H groups in total. The van der Waals surface area contributed by atoms with Crippen molar-refractivity contribution in [3.63, 3.8) is 0 Å². The molecule has 126 valence electrons. The highest BCUT2D eigenvalue weighted by Gasteiger charge is 2.56. The summed E-state index contributed by atoms with van der Waals surface area (Å²) in [6, 6.07) is 0.195. The molecule has 1 aliphatic heterocycles. The molecule has 4 heteroatoms. The average molecular weight is 327 g/mol. The molecule has 0 bridgehead atoms. The molecule has 4 unspecified atom stereocenters. The first kappa shape index (κ1) is 16.6. The number of nitrogens with two attached hydrogens (primary N) is 1. The zero-order chi connectivity index (χ0) is 16.1. The number of nitrogens with zero attached hydrogens (tertiary/aromatic N) is 1. The van der Waals surface area contributed by atoms with Crippen LogP contribution in [-0.2, 0) is 0 Å². The summed E-state index contributed by atoms with van der Waals surface area (Å²) in [4.78, 5) is 4.63. The Bertz CT molecular complexity index is 450. The fraction of sp³-hybridized carbons (Fsp3) is 0.944. The minimum atomic E-state index is -0.902. The van der Waals surface area contributed by atoms with Crippen molar-refractivity contribution < 1.29 is 5.11 Å². The molecular weight excluding hydrogens is 296 g/mol. The molecule has 4 atom stereocenters. The number of amidine groups is 1. The van der Waals surface area contributed by atoms with Gasteiger partial charge in [-0.1, -0.05) is 20.8 Å². The van der Waals surface area contributed by atoms with Crippen molar-refractivity contribution in [3.8, 4) is 0 Å². The summed E-state index contributed by atoms with van der Waals surface area (Å²) < 4.78 is 0. The molecule has 0 aromatic rings. The van der Waals surface area contributed by atoms with E-state index in [1.54, 1.807) is 0 Å². The number of halogens is 1. The lowest BCUT2D eigenvalue weighted by molar-refractivity contribution is -0.0400. The largest absolute Gasteiger partial charge is 0.385 e. The predicted molar refractivity (Wildman–Crippen MR) is 92.2 cm³/mol. The maximum Gasteiger partial charge on any atom is 0.129 e. The third-order valence-electron chi connectivity index (χ3n) is 6.60. The van der Waals surface area contributed by atoms with Gasteiger partial charge in [-0.3, -0.25) is 4.99 Å². The third kappa shape index (κ3) is 2.69. The van der Waals surface area contributed by atoms with Crippen LogP contribution in [-0.4, -0.2) is 28.0 Å². The van der Waals surface area contributed by atoms with Crippen molar-refractivity contribution in [1.29, 1.82) is 0 Å². The highest BCUT2D eigenvalue weighted by Crippen LogP contribution is 2.50. The molecule has 1 heterocycles. The van der Waals surface area contributed by atoms with Gasteiger partial charge < -0.3 is 10.8 Å². The zero-order valence-corrected chi connectivity index (χ0v) is 14.9. The van der Waals surface area contributed by atoms with E-state index in [9.17, 15) is 5.11 Å². The number of aliphatic imine (C=N–C) groups is 1. The van der Waals surface area contributed by atoms with Crippen LogP contribution in [0.5, 0.6) is 0 Å². The molecular formula is C18H31ClN2O. The summed E-state index contributed by atoms with van der Waals surface area (Å²) >= 11 is 6.38. The molecule has 22 heavy (non-hydrogen) atoms. The smallest absolute Gasteiger partial charge is 0.129 e. The first-order valence-corrected chi connectivity index (χ1v) is 9.36. The van der Waals surface area contributed by atoms with Crippen LogP contribution in [0.15, 0.2) is 4.99 Å². The number of alkyl halides is 1. The number of hydrogen-bond acceptors (Lipinski definition) is 3. The zero-order valence-electron chi connectivity index (χ0n) is 14.2. The fourth-order valence-corrected chi connectivity index (χ4v) is 5.43. The second kappa shape index (κ2) is 5.66. The monoisotopic (exact) mass is 326 g/mol. The number of hydrogen-bond donors (Lipinski definition) is 2. The van der Waals surface area contributed by atoms with Crippen molar-refractivity contribution >= 4 is 17.4 Å². The highest BCUT2D eigenvalue weighted by molar-refractivity contribution is 6.20. The van der Waals surface area contributed by atoms with Crippen molar-refractivity contribution in [2.45, 2.75) is 82.7 Å². The van der Waals surface area contributed by atoms with Crippen LogP contribution < -0.4 is 5.73 Å². The normalized spacial score (nSPS) is 46.2. The Morgan fingerprint density at radius 2 is 1.77 bits per heavy atom. The van der Waals surface area contributed by atoms with E-state index >= 15 is 0 Å². The molecule has 3 nitrogen and oxygen atoms in total. The summed E-state index contributed by atoms with van der Waals surface area (Å²) in [5.74, 6) is 1.63. The number of rotatable bonds is 1. The van der Waals surface area contributed by atoms with Crippen molar-refractivity contribution in [3.05, 3.63) is 0 Å². The Morgan fingerprint density at radius 3 is 2.36 bits per heavy atom. The Kier molecular flexibility index (Phi) is 4.27. The van der Waals surface area contributed by atoms with E-state index in [0.717, 1.165) is 38.0 Å².